The third-order valence-corrected chi connectivity index (χ3v) is 3.47. The molecule has 1 aliphatic rings. The summed E-state index contributed by atoms with van der Waals surface area (Å²) in [7, 11) is 0. The number of primary amides is 1. The van der Waals surface area contributed by atoms with Crippen molar-refractivity contribution >= 4 is 11.7 Å². The van der Waals surface area contributed by atoms with Crippen LogP contribution in [0.15, 0.2) is 12.1 Å². The highest BCUT2D eigenvalue weighted by molar-refractivity contribution is 5.93. The Kier molecular flexibility index (Phi) is 3.88. The first-order valence-corrected chi connectivity index (χ1v) is 6.57. The van der Waals surface area contributed by atoms with E-state index in [4.69, 9.17) is 10.5 Å². The van der Waals surface area contributed by atoms with Crippen LogP contribution in [-0.4, -0.2) is 17.8 Å². The van der Waals surface area contributed by atoms with Crippen LogP contribution >= 0.6 is 0 Å². The molecule has 4 nitrogen and oxygen atoms in total. The van der Waals surface area contributed by atoms with E-state index in [0.29, 0.717) is 18.4 Å². The summed E-state index contributed by atoms with van der Waals surface area (Å²) >= 11 is 0. The van der Waals surface area contributed by atoms with Crippen LogP contribution in [0, 0.1) is 13.8 Å². The molecule has 2 rings (SSSR count). The molecule has 1 saturated carbocycles. The van der Waals surface area contributed by atoms with Crippen LogP contribution in [0.2, 0.25) is 0 Å². The van der Waals surface area contributed by atoms with Gasteiger partial charge in [-0.15, -0.1) is 0 Å². The smallest absolute Gasteiger partial charge is 0.248 e. The van der Waals surface area contributed by atoms with Crippen LogP contribution in [0.4, 0.5) is 0 Å². The second-order valence-corrected chi connectivity index (χ2v) is 5.18. The number of carbonyl (C=O) groups excluding carboxylic acids is 2. The van der Waals surface area contributed by atoms with Crippen molar-refractivity contribution in [3.8, 4) is 5.75 Å². The van der Waals surface area contributed by atoms with E-state index in [0.717, 1.165) is 29.7 Å². The van der Waals surface area contributed by atoms with Crippen LogP contribution in [0.1, 0.15) is 47.2 Å². The summed E-state index contributed by atoms with van der Waals surface area (Å²) in [6.07, 6.45) is 2.90. The molecule has 0 heterocycles. The molecule has 0 bridgehead atoms. The van der Waals surface area contributed by atoms with Crippen molar-refractivity contribution in [2.45, 2.75) is 45.6 Å². The van der Waals surface area contributed by atoms with Gasteiger partial charge in [0.05, 0.1) is 0 Å². The van der Waals surface area contributed by atoms with Crippen LogP contribution in [-0.2, 0) is 4.79 Å². The molecular weight excluding hydrogens is 242 g/mol. The fourth-order valence-electron chi connectivity index (χ4n) is 2.53. The Morgan fingerprint density at radius 1 is 1.32 bits per heavy atom. The highest BCUT2D eigenvalue weighted by atomic mass is 16.5. The lowest BCUT2D eigenvalue weighted by molar-refractivity contribution is -0.122. The lowest BCUT2D eigenvalue weighted by Gasteiger charge is -2.24. The van der Waals surface area contributed by atoms with Gasteiger partial charge < -0.3 is 10.5 Å². The molecule has 0 aliphatic heterocycles. The first kappa shape index (κ1) is 13.6. The van der Waals surface area contributed by atoms with Gasteiger partial charge in [0, 0.05) is 18.4 Å². The van der Waals surface area contributed by atoms with Crippen molar-refractivity contribution in [3.63, 3.8) is 0 Å². The number of hydrogen-bond acceptors (Lipinski definition) is 3. The summed E-state index contributed by atoms with van der Waals surface area (Å²) in [6.45, 7) is 3.78. The highest BCUT2D eigenvalue weighted by Gasteiger charge is 2.22. The number of carbonyl (C=O) groups is 2. The monoisotopic (exact) mass is 261 g/mol. The van der Waals surface area contributed by atoms with E-state index in [2.05, 4.69) is 0 Å². The van der Waals surface area contributed by atoms with E-state index >= 15 is 0 Å². The summed E-state index contributed by atoms with van der Waals surface area (Å²) in [5, 5.41) is 0. The normalized spacial score (nSPS) is 19.3. The number of benzene rings is 1. The quantitative estimate of drug-likeness (QED) is 0.907. The Labute approximate surface area is 112 Å². The van der Waals surface area contributed by atoms with Gasteiger partial charge in [-0.3, -0.25) is 9.59 Å². The van der Waals surface area contributed by atoms with Crippen molar-refractivity contribution in [1.29, 1.82) is 0 Å². The fourth-order valence-corrected chi connectivity index (χ4v) is 2.53. The standard InChI is InChI=1S/C15H19NO3/c1-9-6-11(15(16)18)7-10(2)14(9)19-13-5-3-4-12(17)8-13/h6-7,13H,3-5,8H2,1-2H3,(H2,16,18). The minimum atomic E-state index is -0.439. The maximum Gasteiger partial charge on any atom is 0.248 e. The zero-order valence-corrected chi connectivity index (χ0v) is 11.4. The van der Waals surface area contributed by atoms with Gasteiger partial charge in [-0.2, -0.15) is 0 Å². The summed E-state index contributed by atoms with van der Waals surface area (Å²) in [6, 6.07) is 3.46. The molecule has 4 heteroatoms. The van der Waals surface area contributed by atoms with E-state index in [1.165, 1.54) is 0 Å². The molecule has 0 aromatic heterocycles. The minimum absolute atomic E-state index is 0.0434. The third-order valence-electron chi connectivity index (χ3n) is 3.47. The molecule has 1 aliphatic carbocycles. The average molecular weight is 261 g/mol. The van der Waals surface area contributed by atoms with Crippen LogP contribution in [0.5, 0.6) is 5.75 Å². The summed E-state index contributed by atoms with van der Waals surface area (Å²) in [4.78, 5) is 22.6. The third kappa shape index (κ3) is 3.13. The minimum Gasteiger partial charge on any atom is -0.489 e. The topological polar surface area (TPSA) is 69.4 Å². The second kappa shape index (κ2) is 5.43. The summed E-state index contributed by atoms with van der Waals surface area (Å²) in [5.74, 6) is 0.593. The maximum atomic E-state index is 11.4. The van der Waals surface area contributed by atoms with Crippen molar-refractivity contribution in [1.82, 2.24) is 0 Å². The van der Waals surface area contributed by atoms with E-state index < -0.39 is 5.91 Å². The predicted octanol–water partition coefficient (Wildman–Crippen LogP) is 2.29. The zero-order chi connectivity index (χ0) is 14.0. The fraction of sp³-hybridized carbons (Fsp3) is 0.467. The SMILES string of the molecule is Cc1cc(C(N)=O)cc(C)c1OC1CCCC(=O)C1. The number of aryl methyl sites for hydroxylation is 2. The van der Waals surface area contributed by atoms with Gasteiger partial charge in [-0.25, -0.2) is 0 Å². The predicted molar refractivity (Wildman–Crippen MR) is 72.3 cm³/mol. The largest absolute Gasteiger partial charge is 0.489 e. The Balaban J connectivity index is 2.20. The van der Waals surface area contributed by atoms with Crippen molar-refractivity contribution in [3.05, 3.63) is 28.8 Å². The highest BCUT2D eigenvalue weighted by Crippen LogP contribution is 2.28. The van der Waals surface area contributed by atoms with E-state index in [9.17, 15) is 9.59 Å². The lowest BCUT2D eigenvalue weighted by Crippen LogP contribution is -2.26. The molecule has 19 heavy (non-hydrogen) atoms. The van der Waals surface area contributed by atoms with Gasteiger partial charge in [0.1, 0.15) is 17.6 Å². The van der Waals surface area contributed by atoms with Gasteiger partial charge >= 0.3 is 0 Å². The number of hydrogen-bond donors (Lipinski definition) is 1. The Hall–Kier alpha value is -1.84. The van der Waals surface area contributed by atoms with Gasteiger partial charge in [0.25, 0.3) is 0 Å². The molecule has 1 atom stereocenters. The number of nitrogens with two attached hydrogens (primary N) is 1. The van der Waals surface area contributed by atoms with Gasteiger partial charge in [0.2, 0.25) is 5.91 Å². The molecule has 0 spiro atoms. The molecule has 1 amide bonds. The molecular formula is C15H19NO3. The Morgan fingerprint density at radius 2 is 1.95 bits per heavy atom. The molecule has 1 fully saturated rings. The molecule has 0 radical (unpaired) electrons. The first-order valence-electron chi connectivity index (χ1n) is 6.57. The zero-order valence-electron chi connectivity index (χ0n) is 11.4. The summed E-state index contributed by atoms with van der Waals surface area (Å²) < 4.78 is 5.95. The average Bonchev–Trinajstić information content (AvgIpc) is 2.33. The van der Waals surface area contributed by atoms with E-state index in [1.54, 1.807) is 12.1 Å². The van der Waals surface area contributed by atoms with Crippen molar-refractivity contribution in [2.75, 3.05) is 0 Å². The molecule has 102 valence electrons. The van der Waals surface area contributed by atoms with E-state index in [1.807, 2.05) is 13.8 Å². The lowest BCUT2D eigenvalue weighted by atomic mass is 9.96. The number of amides is 1. The molecule has 2 N–H and O–H groups in total. The number of ether oxygens (including phenoxy) is 1. The Morgan fingerprint density at radius 3 is 2.47 bits per heavy atom. The molecule has 0 saturated heterocycles. The van der Waals surface area contributed by atoms with Crippen LogP contribution in [0.25, 0.3) is 0 Å². The molecule has 1 aromatic rings. The number of ketones is 1. The van der Waals surface area contributed by atoms with Crippen molar-refractivity contribution < 1.29 is 14.3 Å². The first-order chi connectivity index (χ1) is 8.97. The van der Waals surface area contributed by atoms with Gasteiger partial charge in [-0.05, 0) is 49.9 Å². The summed E-state index contributed by atoms with van der Waals surface area (Å²) in [5.41, 5.74) is 7.53. The van der Waals surface area contributed by atoms with Crippen LogP contribution < -0.4 is 10.5 Å². The molecule has 1 aromatic carbocycles. The number of Topliss-reactive ketones (excluding diaryl/α,β-unsaturated/α-hetero) is 1. The van der Waals surface area contributed by atoms with Gasteiger partial charge in [-0.1, -0.05) is 0 Å². The maximum absolute atomic E-state index is 11.4. The van der Waals surface area contributed by atoms with Gasteiger partial charge in [0.15, 0.2) is 0 Å². The molecule has 1 unspecified atom stereocenters. The second-order valence-electron chi connectivity index (χ2n) is 5.18. The Bertz CT molecular complexity index is 499. The van der Waals surface area contributed by atoms with Crippen LogP contribution in [0.3, 0.4) is 0 Å². The number of rotatable bonds is 3. The van der Waals surface area contributed by atoms with Crippen molar-refractivity contribution in [2.24, 2.45) is 5.73 Å². The van der Waals surface area contributed by atoms with E-state index in [-0.39, 0.29) is 11.9 Å².